The topological polar surface area (TPSA) is 146 Å². The highest BCUT2D eigenvalue weighted by Crippen LogP contribution is 2.80. The van der Waals surface area contributed by atoms with Crippen molar-refractivity contribution in [3.63, 3.8) is 0 Å². The third-order valence-corrected chi connectivity index (χ3v) is 13.5. The zero-order valence-corrected chi connectivity index (χ0v) is 27.8. The Morgan fingerprint density at radius 2 is 1.70 bits per heavy atom. The van der Waals surface area contributed by atoms with Crippen LogP contribution in [0, 0.1) is 34.5 Å². The third kappa shape index (κ3) is 3.58. The van der Waals surface area contributed by atoms with Crippen molar-refractivity contribution < 1.29 is 53.3 Å². The maximum absolute atomic E-state index is 13.8. The summed E-state index contributed by atoms with van der Waals surface area (Å²) in [5, 5.41) is 37.2. The van der Waals surface area contributed by atoms with Crippen molar-refractivity contribution in [1.29, 1.82) is 0 Å². The van der Waals surface area contributed by atoms with Gasteiger partial charge >= 0.3 is 5.97 Å². The molecule has 256 valence electrons. The number of hydrogen-bond donors (Lipinski definition) is 3. The SMILES string of the molecule is CCN1C[C@]2(COC)C(O)CC(OC)[C@@]34[C@@H]5C[C@@]6(O)C(OC)C(O)[C@@](OC)([C@H]5C6OC(=O)c5ccc(OC)cc5)[C@@H](C(OC)[C@H]23)[C@@H]14. The summed E-state index contributed by atoms with van der Waals surface area (Å²) in [4.78, 5) is 16.2. The molecule has 1 aromatic carbocycles. The fraction of sp³-hybridized carbons (Fsp3) is 0.794. The highest BCUT2D eigenvalue weighted by molar-refractivity contribution is 5.89. The summed E-state index contributed by atoms with van der Waals surface area (Å²) in [7, 11) is 9.61. The van der Waals surface area contributed by atoms with E-state index in [1.54, 1.807) is 59.8 Å². The van der Waals surface area contributed by atoms with Gasteiger partial charge in [0.15, 0.2) is 0 Å². The first-order valence-electron chi connectivity index (χ1n) is 16.4. The normalized spacial score (nSPS) is 50.0. The van der Waals surface area contributed by atoms with Crippen LogP contribution < -0.4 is 4.74 Å². The summed E-state index contributed by atoms with van der Waals surface area (Å²) in [6.45, 7) is 3.64. The number of hydrogen-bond acceptors (Lipinski definition) is 12. The average Bonchev–Trinajstić information content (AvgIpc) is 3.43. The molecule has 6 aliphatic rings. The number of piperidine rings is 1. The molecule has 1 aliphatic heterocycles. The van der Waals surface area contributed by atoms with Crippen LogP contribution in [0.3, 0.4) is 0 Å². The summed E-state index contributed by atoms with van der Waals surface area (Å²) in [6.07, 6.45) is -4.57. The molecule has 46 heavy (non-hydrogen) atoms. The molecular formula is C34H49NO11. The number of rotatable bonds is 10. The van der Waals surface area contributed by atoms with Crippen molar-refractivity contribution in [1.82, 2.24) is 4.90 Å². The molecule has 0 radical (unpaired) electrons. The molecule has 6 fully saturated rings. The van der Waals surface area contributed by atoms with Gasteiger partial charge in [0.05, 0.1) is 37.6 Å². The van der Waals surface area contributed by atoms with Crippen LogP contribution in [-0.2, 0) is 28.4 Å². The molecule has 5 aliphatic carbocycles. The van der Waals surface area contributed by atoms with Crippen molar-refractivity contribution in [2.75, 3.05) is 62.4 Å². The number of carbonyl (C=O) groups excluding carboxylic acids is 1. The van der Waals surface area contributed by atoms with Gasteiger partial charge in [0.1, 0.15) is 35.3 Å². The van der Waals surface area contributed by atoms with Gasteiger partial charge in [-0.1, -0.05) is 6.92 Å². The molecule has 12 nitrogen and oxygen atoms in total. The molecule has 3 N–H and O–H groups in total. The fourth-order valence-electron chi connectivity index (χ4n) is 12.4. The van der Waals surface area contributed by atoms with Gasteiger partial charge in [0.2, 0.25) is 0 Å². The lowest BCUT2D eigenvalue weighted by molar-refractivity contribution is -0.325. The van der Waals surface area contributed by atoms with E-state index in [2.05, 4.69) is 11.8 Å². The number of esters is 1. The first-order valence-corrected chi connectivity index (χ1v) is 16.4. The van der Waals surface area contributed by atoms with Crippen LogP contribution >= 0.6 is 0 Å². The Morgan fingerprint density at radius 3 is 2.26 bits per heavy atom. The first-order chi connectivity index (χ1) is 22.1. The molecule has 1 spiro atoms. The van der Waals surface area contributed by atoms with E-state index in [0.29, 0.717) is 37.4 Å². The molecule has 0 aromatic heterocycles. The molecular weight excluding hydrogens is 598 g/mol. The molecule has 1 heterocycles. The molecule has 0 amide bonds. The number of likely N-dealkylation sites (tertiary alicyclic amines) is 1. The summed E-state index contributed by atoms with van der Waals surface area (Å²) >= 11 is 0. The lowest BCUT2D eigenvalue weighted by atomic mass is 9.42. The van der Waals surface area contributed by atoms with Gasteiger partial charge in [-0.25, -0.2) is 4.79 Å². The van der Waals surface area contributed by atoms with E-state index in [1.807, 2.05) is 0 Å². The number of aliphatic hydroxyl groups excluding tert-OH is 2. The van der Waals surface area contributed by atoms with Crippen LogP contribution in [0.5, 0.6) is 5.75 Å². The number of aliphatic hydroxyl groups is 3. The van der Waals surface area contributed by atoms with Gasteiger partial charge in [-0.05, 0) is 43.1 Å². The van der Waals surface area contributed by atoms with Crippen molar-refractivity contribution in [3.05, 3.63) is 29.8 Å². The number of fused-ring (bicyclic) bond motifs is 2. The van der Waals surface area contributed by atoms with Crippen LogP contribution in [0.1, 0.15) is 30.1 Å². The second kappa shape index (κ2) is 11.1. The van der Waals surface area contributed by atoms with Gasteiger partial charge in [-0.3, -0.25) is 4.90 Å². The predicted molar refractivity (Wildman–Crippen MR) is 162 cm³/mol. The molecule has 7 rings (SSSR count). The molecule has 1 saturated heterocycles. The number of methoxy groups -OCH3 is 6. The second-order valence-electron chi connectivity index (χ2n) is 14.4. The van der Waals surface area contributed by atoms with Crippen LogP contribution in [0.4, 0.5) is 0 Å². The lowest BCUT2D eigenvalue weighted by Gasteiger charge is -2.70. The van der Waals surface area contributed by atoms with Gasteiger partial charge in [0.25, 0.3) is 0 Å². The van der Waals surface area contributed by atoms with Crippen molar-refractivity contribution >= 4 is 5.97 Å². The minimum absolute atomic E-state index is 0.172. The molecule has 1 aromatic rings. The van der Waals surface area contributed by atoms with E-state index in [1.165, 1.54) is 7.11 Å². The first kappa shape index (κ1) is 32.7. The Hall–Kier alpha value is -1.87. The molecule has 12 heteroatoms. The van der Waals surface area contributed by atoms with Gasteiger partial charge in [-0.2, -0.15) is 0 Å². The summed E-state index contributed by atoms with van der Waals surface area (Å²) < 4.78 is 43.0. The Bertz CT molecular complexity index is 1330. The van der Waals surface area contributed by atoms with Crippen LogP contribution in [0.15, 0.2) is 24.3 Å². The number of ether oxygens (including phenoxy) is 7. The number of nitrogens with zero attached hydrogens (tertiary/aromatic N) is 1. The highest BCUT2D eigenvalue weighted by Gasteiger charge is 2.91. The molecule has 5 saturated carbocycles. The van der Waals surface area contributed by atoms with Gasteiger partial charge < -0.3 is 48.5 Å². The van der Waals surface area contributed by atoms with E-state index < -0.39 is 76.5 Å². The number of benzene rings is 1. The predicted octanol–water partition coefficient (Wildman–Crippen LogP) is 0.740. The third-order valence-electron chi connectivity index (χ3n) is 13.5. The Balaban J connectivity index is 1.47. The van der Waals surface area contributed by atoms with E-state index >= 15 is 0 Å². The van der Waals surface area contributed by atoms with Crippen LogP contribution in [-0.4, -0.2) is 142 Å². The van der Waals surface area contributed by atoms with Gasteiger partial charge in [0, 0.05) is 83.1 Å². The Labute approximate surface area is 270 Å². The fourth-order valence-corrected chi connectivity index (χ4v) is 12.4. The lowest BCUT2D eigenvalue weighted by Crippen LogP contribution is -2.81. The quantitative estimate of drug-likeness (QED) is 0.308. The number of carbonyl (C=O) groups is 1. The molecule has 7 bridgehead atoms. The standard InChI is InChI=1S/C34H49NO11/c1-8-35-15-31(16-40-2)20(36)13-21(42-4)33-19-14-32(39)28(46-30(38)17-9-11-18(41-3)12-10-17)22(19)34(45-7,27(37)29(32)44-6)23(26(33)35)24(43-5)25(31)33/h9-12,19-29,36-37,39H,8,13-16H2,1-7H3/t19-,20?,21?,22-,23+,24?,25-,26-,27?,28?,29?,31+,32+,33+,34-/m1/s1. The maximum atomic E-state index is 13.8. The van der Waals surface area contributed by atoms with Crippen LogP contribution in [0.2, 0.25) is 0 Å². The maximum Gasteiger partial charge on any atom is 0.338 e. The van der Waals surface area contributed by atoms with Gasteiger partial charge in [-0.15, -0.1) is 0 Å². The molecule has 6 unspecified atom stereocenters. The second-order valence-corrected chi connectivity index (χ2v) is 14.4. The molecule has 15 atom stereocenters. The Morgan fingerprint density at radius 1 is 0.978 bits per heavy atom. The van der Waals surface area contributed by atoms with E-state index in [-0.39, 0.29) is 24.3 Å². The summed E-state index contributed by atoms with van der Waals surface area (Å²) in [5.41, 5.74) is -4.16. The minimum Gasteiger partial charge on any atom is -0.497 e. The van der Waals surface area contributed by atoms with E-state index in [4.69, 9.17) is 33.2 Å². The Kier molecular flexibility index (Phi) is 7.87. The van der Waals surface area contributed by atoms with E-state index in [9.17, 15) is 20.1 Å². The zero-order chi connectivity index (χ0) is 33.0. The van der Waals surface area contributed by atoms with Crippen molar-refractivity contribution in [3.8, 4) is 5.75 Å². The minimum atomic E-state index is -1.74. The zero-order valence-electron chi connectivity index (χ0n) is 27.8. The summed E-state index contributed by atoms with van der Waals surface area (Å²) in [5.74, 6) is -1.73. The van der Waals surface area contributed by atoms with Crippen molar-refractivity contribution in [2.24, 2.45) is 34.5 Å². The van der Waals surface area contributed by atoms with Crippen LogP contribution in [0.25, 0.3) is 0 Å². The highest BCUT2D eigenvalue weighted by atomic mass is 16.6. The monoisotopic (exact) mass is 647 g/mol. The van der Waals surface area contributed by atoms with Crippen molar-refractivity contribution in [2.45, 2.75) is 73.6 Å². The van der Waals surface area contributed by atoms with E-state index in [0.717, 1.165) is 0 Å². The average molecular weight is 648 g/mol. The smallest absolute Gasteiger partial charge is 0.338 e. The largest absolute Gasteiger partial charge is 0.497 e. The summed E-state index contributed by atoms with van der Waals surface area (Å²) in [6, 6.07) is 6.43.